The molecule has 0 fully saturated rings. The van der Waals surface area contributed by atoms with Crippen molar-refractivity contribution in [2.45, 2.75) is 17.8 Å². The number of allylic oxidation sites excluding steroid dienone is 2. The smallest absolute Gasteiger partial charge is 0.160 e. The molecular formula is C27H19FO2. The lowest BCUT2D eigenvalue weighted by molar-refractivity contribution is -0.133. The molecular weight excluding hydrogens is 375 g/mol. The van der Waals surface area contributed by atoms with Gasteiger partial charge >= 0.3 is 0 Å². The Morgan fingerprint density at radius 3 is 1.93 bits per heavy atom. The molecule has 2 unspecified atom stereocenters. The van der Waals surface area contributed by atoms with E-state index in [-0.39, 0.29) is 23.3 Å². The Balaban J connectivity index is 1.70. The van der Waals surface area contributed by atoms with Crippen molar-refractivity contribution in [3.63, 3.8) is 0 Å². The molecule has 146 valence electrons. The minimum Gasteiger partial charge on any atom is -0.294 e. The topological polar surface area (TPSA) is 34.1 Å². The molecule has 0 amide bonds. The first-order chi connectivity index (χ1) is 14.6. The maximum Gasteiger partial charge on any atom is 0.160 e. The first-order valence-corrected chi connectivity index (χ1v) is 10.3. The van der Waals surface area contributed by atoms with Gasteiger partial charge in [-0.2, -0.15) is 0 Å². The summed E-state index contributed by atoms with van der Waals surface area (Å²) in [7, 11) is 0. The molecule has 3 aromatic carbocycles. The number of hydrogen-bond donors (Lipinski definition) is 0. The van der Waals surface area contributed by atoms with Crippen LogP contribution in [0, 0.1) is 17.7 Å². The molecule has 0 aromatic heterocycles. The summed E-state index contributed by atoms with van der Waals surface area (Å²) in [4.78, 5) is 26.5. The largest absolute Gasteiger partial charge is 0.294 e. The van der Waals surface area contributed by atoms with E-state index in [0.717, 1.165) is 27.8 Å². The molecule has 2 bridgehead atoms. The highest BCUT2D eigenvalue weighted by molar-refractivity contribution is 6.10. The summed E-state index contributed by atoms with van der Waals surface area (Å²) in [6.07, 6.45) is 3.46. The van der Waals surface area contributed by atoms with E-state index in [1.165, 1.54) is 24.3 Å². The van der Waals surface area contributed by atoms with Crippen LogP contribution in [0.5, 0.6) is 0 Å². The van der Waals surface area contributed by atoms with Gasteiger partial charge in [0.1, 0.15) is 5.82 Å². The maximum absolute atomic E-state index is 13.6. The average molecular weight is 394 g/mol. The van der Waals surface area contributed by atoms with Gasteiger partial charge in [0.25, 0.3) is 0 Å². The number of hydrogen-bond acceptors (Lipinski definition) is 2. The van der Waals surface area contributed by atoms with E-state index in [4.69, 9.17) is 0 Å². The summed E-state index contributed by atoms with van der Waals surface area (Å²) in [5.41, 5.74) is 4.82. The summed E-state index contributed by atoms with van der Waals surface area (Å²) >= 11 is 0. The molecule has 4 aliphatic carbocycles. The highest BCUT2D eigenvalue weighted by Gasteiger charge is 2.62. The van der Waals surface area contributed by atoms with Crippen LogP contribution in [0.25, 0.3) is 0 Å². The Morgan fingerprint density at radius 1 is 0.733 bits per heavy atom. The van der Waals surface area contributed by atoms with E-state index in [2.05, 4.69) is 24.3 Å². The average Bonchev–Trinajstić information content (AvgIpc) is 2.78. The SMILES string of the molecule is O=C1C=CC(=O)C2C1C1c3ccccc3C2(Cc2ccc(F)cc2)c2ccccc21. The van der Waals surface area contributed by atoms with Gasteiger partial charge in [0, 0.05) is 23.2 Å². The standard InChI is InChI=1S/C27H19FO2/c28-17-11-9-16(10-12-17)15-27-20-7-3-1-5-18(20)24(19-6-2-4-8-21(19)27)25-22(29)13-14-23(30)26(25)27/h1-14,24-26H,15H2. The van der Waals surface area contributed by atoms with Crippen LogP contribution >= 0.6 is 0 Å². The third-order valence-corrected chi connectivity index (χ3v) is 7.25. The van der Waals surface area contributed by atoms with Gasteiger partial charge in [-0.1, -0.05) is 60.7 Å². The van der Waals surface area contributed by atoms with Gasteiger partial charge in [-0.3, -0.25) is 9.59 Å². The zero-order valence-corrected chi connectivity index (χ0v) is 16.2. The van der Waals surface area contributed by atoms with Crippen LogP contribution in [0.3, 0.4) is 0 Å². The monoisotopic (exact) mass is 394 g/mol. The molecule has 0 saturated carbocycles. The fourth-order valence-corrected chi connectivity index (χ4v) is 6.23. The minimum atomic E-state index is -0.651. The summed E-state index contributed by atoms with van der Waals surface area (Å²) in [5, 5.41) is 0. The van der Waals surface area contributed by atoms with Crippen molar-refractivity contribution in [3.05, 3.63) is 119 Å². The quantitative estimate of drug-likeness (QED) is 0.628. The Morgan fingerprint density at radius 2 is 1.30 bits per heavy atom. The Bertz CT molecular complexity index is 1190. The van der Waals surface area contributed by atoms with Crippen molar-refractivity contribution in [2.75, 3.05) is 0 Å². The van der Waals surface area contributed by atoms with Crippen LogP contribution < -0.4 is 0 Å². The van der Waals surface area contributed by atoms with Gasteiger partial charge in [0.05, 0.1) is 0 Å². The molecule has 0 N–H and O–H groups in total. The van der Waals surface area contributed by atoms with Crippen LogP contribution in [-0.4, -0.2) is 11.6 Å². The van der Waals surface area contributed by atoms with Gasteiger partial charge in [-0.05, 0) is 58.5 Å². The van der Waals surface area contributed by atoms with Gasteiger partial charge in [-0.15, -0.1) is 0 Å². The molecule has 0 radical (unpaired) electrons. The zero-order chi connectivity index (χ0) is 20.5. The van der Waals surface area contributed by atoms with E-state index in [1.54, 1.807) is 12.1 Å². The molecule has 2 atom stereocenters. The zero-order valence-electron chi connectivity index (χ0n) is 16.2. The lowest BCUT2D eigenvalue weighted by Crippen LogP contribution is -2.58. The number of benzene rings is 3. The lowest BCUT2D eigenvalue weighted by Gasteiger charge is -2.57. The lowest BCUT2D eigenvalue weighted by atomic mass is 9.43. The first kappa shape index (κ1) is 17.5. The fourth-order valence-electron chi connectivity index (χ4n) is 6.23. The predicted molar refractivity (Wildman–Crippen MR) is 112 cm³/mol. The van der Waals surface area contributed by atoms with E-state index >= 15 is 0 Å². The van der Waals surface area contributed by atoms with Crippen LogP contribution in [-0.2, 0) is 21.4 Å². The van der Waals surface area contributed by atoms with Crippen molar-refractivity contribution in [3.8, 4) is 0 Å². The van der Waals surface area contributed by atoms with Crippen molar-refractivity contribution in [1.29, 1.82) is 0 Å². The first-order valence-electron chi connectivity index (χ1n) is 10.3. The molecule has 0 aliphatic heterocycles. The van der Waals surface area contributed by atoms with E-state index in [0.29, 0.717) is 6.42 Å². The Labute approximate surface area is 174 Å². The Kier molecular flexibility index (Phi) is 3.55. The van der Waals surface area contributed by atoms with Crippen LogP contribution in [0.15, 0.2) is 84.9 Å². The maximum atomic E-state index is 13.6. The number of carbonyl (C=O) groups excluding carboxylic acids is 2. The fraction of sp³-hybridized carbons (Fsp3) is 0.185. The van der Waals surface area contributed by atoms with Crippen molar-refractivity contribution < 1.29 is 14.0 Å². The summed E-state index contributed by atoms with van der Waals surface area (Å²) in [6, 6.07) is 22.9. The van der Waals surface area contributed by atoms with E-state index < -0.39 is 17.3 Å². The molecule has 30 heavy (non-hydrogen) atoms. The second kappa shape index (κ2) is 6.09. The van der Waals surface area contributed by atoms with Crippen molar-refractivity contribution in [1.82, 2.24) is 0 Å². The highest BCUT2D eigenvalue weighted by Crippen LogP contribution is 2.63. The van der Waals surface area contributed by atoms with Crippen LogP contribution in [0.4, 0.5) is 4.39 Å². The summed E-state index contributed by atoms with van der Waals surface area (Å²) < 4.78 is 13.6. The molecule has 0 spiro atoms. The highest BCUT2D eigenvalue weighted by atomic mass is 19.1. The molecule has 7 rings (SSSR count). The Hall–Kier alpha value is -3.33. The van der Waals surface area contributed by atoms with E-state index in [1.807, 2.05) is 24.3 Å². The summed E-state index contributed by atoms with van der Waals surface area (Å²) in [5.74, 6) is -1.21. The third kappa shape index (κ3) is 2.12. The summed E-state index contributed by atoms with van der Waals surface area (Å²) in [6.45, 7) is 0. The van der Waals surface area contributed by atoms with Gasteiger partial charge in [0.15, 0.2) is 11.6 Å². The molecule has 4 aliphatic rings. The van der Waals surface area contributed by atoms with Crippen molar-refractivity contribution >= 4 is 11.6 Å². The molecule has 2 nitrogen and oxygen atoms in total. The van der Waals surface area contributed by atoms with Crippen LogP contribution in [0.2, 0.25) is 0 Å². The number of carbonyl (C=O) groups is 2. The van der Waals surface area contributed by atoms with Crippen molar-refractivity contribution in [2.24, 2.45) is 11.8 Å². The minimum absolute atomic E-state index is 0.00992. The van der Waals surface area contributed by atoms with Crippen LogP contribution in [0.1, 0.15) is 33.7 Å². The predicted octanol–water partition coefficient (Wildman–Crippen LogP) is 4.75. The second-order valence-corrected chi connectivity index (χ2v) is 8.57. The molecule has 3 heteroatoms. The second-order valence-electron chi connectivity index (χ2n) is 8.57. The van der Waals surface area contributed by atoms with Gasteiger partial charge in [0.2, 0.25) is 0 Å². The molecule has 0 saturated heterocycles. The normalized spacial score (nSPS) is 28.1. The van der Waals surface area contributed by atoms with E-state index in [9.17, 15) is 14.0 Å². The van der Waals surface area contributed by atoms with Gasteiger partial charge in [-0.25, -0.2) is 4.39 Å². The molecule has 3 aromatic rings. The molecule has 0 heterocycles. The number of ketones is 2. The van der Waals surface area contributed by atoms with Gasteiger partial charge < -0.3 is 0 Å². The number of halogens is 1. The third-order valence-electron chi connectivity index (χ3n) is 7.25. The number of rotatable bonds is 2.